The van der Waals surface area contributed by atoms with Crippen LogP contribution < -0.4 is 10.2 Å². The van der Waals surface area contributed by atoms with E-state index < -0.39 is 40.3 Å². The molecule has 4 rings (SSSR count). The summed E-state index contributed by atoms with van der Waals surface area (Å²) in [6, 6.07) is 10.5. The molecule has 3 aromatic rings. The van der Waals surface area contributed by atoms with Crippen molar-refractivity contribution in [1.29, 1.82) is 0 Å². The van der Waals surface area contributed by atoms with Crippen molar-refractivity contribution >= 4 is 23.4 Å². The molecular weight excluding hydrogens is 483 g/mol. The Hall–Kier alpha value is -4.42. The first-order chi connectivity index (χ1) is 17.0. The van der Waals surface area contributed by atoms with Gasteiger partial charge in [-0.05, 0) is 30.2 Å². The smallest absolute Gasteiger partial charge is 0.436 e. The van der Waals surface area contributed by atoms with Gasteiger partial charge in [-0.3, -0.25) is 14.9 Å². The van der Waals surface area contributed by atoms with E-state index in [-0.39, 0.29) is 30.2 Å². The van der Waals surface area contributed by atoms with Crippen LogP contribution in [0.15, 0.2) is 48.5 Å². The Morgan fingerprint density at radius 2 is 1.78 bits per heavy atom. The number of amides is 1. The topological polar surface area (TPSA) is 131 Å². The number of hydrogen-bond donors (Lipinski definition) is 2. The van der Waals surface area contributed by atoms with Crippen LogP contribution in [0, 0.1) is 10.1 Å². The lowest BCUT2D eigenvalue weighted by molar-refractivity contribution is -0.384. The Morgan fingerprint density at radius 3 is 2.33 bits per heavy atom. The number of halogens is 3. The van der Waals surface area contributed by atoms with Crippen molar-refractivity contribution in [2.75, 3.05) is 11.4 Å². The summed E-state index contributed by atoms with van der Waals surface area (Å²) in [4.78, 5) is 36.1. The number of anilines is 1. The molecule has 36 heavy (non-hydrogen) atoms. The van der Waals surface area contributed by atoms with Gasteiger partial charge < -0.3 is 15.3 Å². The highest BCUT2D eigenvalue weighted by atomic mass is 19.4. The second-order valence-electron chi connectivity index (χ2n) is 8.24. The summed E-state index contributed by atoms with van der Waals surface area (Å²) in [5, 5.41) is 26.1. The molecule has 13 heteroatoms. The molecule has 0 saturated carbocycles. The van der Waals surface area contributed by atoms with Gasteiger partial charge in [0.05, 0.1) is 23.1 Å². The van der Waals surface area contributed by atoms with E-state index in [2.05, 4.69) is 10.4 Å². The number of fused-ring (bicyclic) bond motifs is 1. The zero-order chi connectivity index (χ0) is 26.2. The molecule has 10 nitrogen and oxygen atoms in total. The van der Waals surface area contributed by atoms with Crippen molar-refractivity contribution in [3.05, 3.63) is 86.6 Å². The third-order valence-corrected chi connectivity index (χ3v) is 5.83. The number of rotatable bonds is 7. The number of carbonyl (C=O) groups excluding carboxylic acids is 1. The number of non-ortho nitro benzene ring substituents is 1. The van der Waals surface area contributed by atoms with Gasteiger partial charge in [-0.15, -0.1) is 0 Å². The SMILES string of the molecule is C[C@H](NC(=O)c1c(C(F)(F)F)nn2c1N(Cc1ccc([N+](=O)[O-])cc1)CC2)c1ccc(C(=O)O)cc1. The molecule has 1 amide bonds. The molecule has 1 aliphatic heterocycles. The molecule has 2 aromatic carbocycles. The summed E-state index contributed by atoms with van der Waals surface area (Å²) in [5.41, 5.74) is -0.883. The lowest BCUT2D eigenvalue weighted by Gasteiger charge is -2.21. The quantitative estimate of drug-likeness (QED) is 0.368. The monoisotopic (exact) mass is 503 g/mol. The minimum Gasteiger partial charge on any atom is -0.478 e. The van der Waals surface area contributed by atoms with Crippen LogP contribution >= 0.6 is 0 Å². The van der Waals surface area contributed by atoms with Crippen LogP contribution in [0.5, 0.6) is 0 Å². The highest BCUT2D eigenvalue weighted by Gasteiger charge is 2.44. The normalized spacial score (nSPS) is 13.8. The van der Waals surface area contributed by atoms with E-state index >= 15 is 0 Å². The van der Waals surface area contributed by atoms with E-state index in [0.717, 1.165) is 4.68 Å². The zero-order valence-corrected chi connectivity index (χ0v) is 18.8. The molecule has 2 N–H and O–H groups in total. The van der Waals surface area contributed by atoms with Crippen molar-refractivity contribution in [1.82, 2.24) is 15.1 Å². The molecule has 0 bridgehead atoms. The van der Waals surface area contributed by atoms with E-state index in [0.29, 0.717) is 17.7 Å². The number of nitrogens with one attached hydrogen (secondary N) is 1. The maximum Gasteiger partial charge on any atom is 0.436 e. The van der Waals surface area contributed by atoms with Crippen LogP contribution in [0.1, 0.15) is 50.5 Å². The van der Waals surface area contributed by atoms with Gasteiger partial charge in [0, 0.05) is 25.2 Å². The van der Waals surface area contributed by atoms with Crippen LogP contribution in [0.2, 0.25) is 0 Å². The van der Waals surface area contributed by atoms with Crippen LogP contribution in [-0.2, 0) is 19.3 Å². The molecule has 0 saturated heterocycles. The highest BCUT2D eigenvalue weighted by Crippen LogP contribution is 2.38. The number of aromatic carboxylic acids is 1. The summed E-state index contributed by atoms with van der Waals surface area (Å²) in [6.07, 6.45) is -4.88. The molecule has 188 valence electrons. The predicted molar refractivity (Wildman–Crippen MR) is 121 cm³/mol. The molecule has 1 aliphatic rings. The number of carboxylic acids is 1. The molecule has 1 aromatic heterocycles. The summed E-state index contributed by atoms with van der Waals surface area (Å²) in [5.74, 6) is -2.10. The number of carboxylic acid groups (broad SMARTS) is 1. The molecule has 0 aliphatic carbocycles. The predicted octanol–water partition coefficient (Wildman–Crippen LogP) is 4.02. The van der Waals surface area contributed by atoms with Crippen molar-refractivity contribution in [3.8, 4) is 0 Å². The highest BCUT2D eigenvalue weighted by molar-refractivity contribution is 6.01. The summed E-state index contributed by atoms with van der Waals surface area (Å²) in [7, 11) is 0. The van der Waals surface area contributed by atoms with Gasteiger partial charge in [-0.25, -0.2) is 9.48 Å². The number of hydrogen-bond acceptors (Lipinski definition) is 6. The number of alkyl halides is 3. The van der Waals surface area contributed by atoms with Crippen LogP contribution in [0.3, 0.4) is 0 Å². The van der Waals surface area contributed by atoms with E-state index in [9.17, 15) is 32.9 Å². The van der Waals surface area contributed by atoms with Crippen LogP contribution in [-0.4, -0.2) is 38.2 Å². The van der Waals surface area contributed by atoms with Crippen LogP contribution in [0.4, 0.5) is 24.7 Å². The van der Waals surface area contributed by atoms with Gasteiger partial charge >= 0.3 is 12.1 Å². The minimum absolute atomic E-state index is 0.00611. The van der Waals surface area contributed by atoms with Gasteiger partial charge in [-0.1, -0.05) is 24.3 Å². The maximum atomic E-state index is 13.8. The van der Waals surface area contributed by atoms with Gasteiger partial charge in [0.2, 0.25) is 0 Å². The largest absolute Gasteiger partial charge is 0.478 e. The van der Waals surface area contributed by atoms with Gasteiger partial charge in [0.25, 0.3) is 11.6 Å². The number of carbonyl (C=O) groups is 2. The summed E-state index contributed by atoms with van der Waals surface area (Å²) < 4.78 is 42.6. The Bertz CT molecular complexity index is 1320. The first-order valence-corrected chi connectivity index (χ1v) is 10.8. The third kappa shape index (κ3) is 4.85. The fourth-order valence-electron chi connectivity index (χ4n) is 4.02. The lowest BCUT2D eigenvalue weighted by atomic mass is 10.1. The molecule has 2 heterocycles. The Morgan fingerprint density at radius 1 is 1.14 bits per heavy atom. The molecule has 0 unspecified atom stereocenters. The van der Waals surface area contributed by atoms with Crippen LogP contribution in [0.25, 0.3) is 0 Å². The van der Waals surface area contributed by atoms with Gasteiger partial charge in [0.1, 0.15) is 11.4 Å². The number of aromatic nitrogens is 2. The average molecular weight is 503 g/mol. The Labute approximate surface area is 202 Å². The maximum absolute atomic E-state index is 13.8. The third-order valence-electron chi connectivity index (χ3n) is 5.83. The van der Waals surface area contributed by atoms with Gasteiger partial charge in [0.15, 0.2) is 5.69 Å². The summed E-state index contributed by atoms with van der Waals surface area (Å²) in [6.45, 7) is 2.11. The fraction of sp³-hybridized carbons (Fsp3) is 0.261. The average Bonchev–Trinajstić information content (AvgIpc) is 3.39. The van der Waals surface area contributed by atoms with E-state index in [1.54, 1.807) is 11.8 Å². The van der Waals surface area contributed by atoms with E-state index in [1.165, 1.54) is 48.5 Å². The minimum atomic E-state index is -4.88. The number of nitro benzene ring substituents is 1. The second kappa shape index (κ2) is 9.32. The molecule has 1 atom stereocenters. The molecule has 0 spiro atoms. The second-order valence-corrected chi connectivity index (χ2v) is 8.24. The van der Waals surface area contributed by atoms with Crippen molar-refractivity contribution < 1.29 is 32.8 Å². The number of nitrogens with zero attached hydrogens (tertiary/aromatic N) is 4. The first kappa shape index (κ1) is 24.7. The standard InChI is InChI=1S/C23H20F3N5O5/c1-13(15-4-6-16(7-5-15)22(33)34)27-20(32)18-19(23(24,25)26)28-30-11-10-29(21(18)30)12-14-2-8-17(9-3-14)31(35)36/h2-9,13H,10-12H2,1H3,(H,27,32)(H,33,34)/t13-/m0/s1. The van der Waals surface area contributed by atoms with Crippen molar-refractivity contribution in [3.63, 3.8) is 0 Å². The Kier molecular flexibility index (Phi) is 6.39. The summed E-state index contributed by atoms with van der Waals surface area (Å²) >= 11 is 0. The number of nitro groups is 1. The molecular formula is C23H20F3N5O5. The fourth-order valence-corrected chi connectivity index (χ4v) is 4.02. The first-order valence-electron chi connectivity index (χ1n) is 10.8. The van der Waals surface area contributed by atoms with Crippen molar-refractivity contribution in [2.24, 2.45) is 0 Å². The van der Waals surface area contributed by atoms with Gasteiger partial charge in [-0.2, -0.15) is 18.3 Å². The Balaban J connectivity index is 1.63. The molecule has 0 fully saturated rings. The van der Waals surface area contributed by atoms with Crippen molar-refractivity contribution in [2.45, 2.75) is 32.2 Å². The van der Waals surface area contributed by atoms with E-state index in [4.69, 9.17) is 5.11 Å². The number of benzene rings is 2. The lowest BCUT2D eigenvalue weighted by Crippen LogP contribution is -2.31. The zero-order valence-electron chi connectivity index (χ0n) is 18.8. The molecule has 0 radical (unpaired) electrons. The van der Waals surface area contributed by atoms with E-state index in [1.807, 2.05) is 0 Å².